The van der Waals surface area contributed by atoms with Crippen molar-refractivity contribution >= 4 is 5.91 Å². The molecule has 1 heterocycles. The van der Waals surface area contributed by atoms with E-state index in [0.717, 1.165) is 0 Å². The first-order valence-electron chi connectivity index (χ1n) is 5.44. The lowest BCUT2D eigenvalue weighted by Crippen LogP contribution is -2.35. The molecule has 1 unspecified atom stereocenters. The van der Waals surface area contributed by atoms with Gasteiger partial charge in [-0.25, -0.2) is 9.78 Å². The number of nitrogens with zero attached hydrogens (tertiary/aromatic N) is 3. The molecule has 0 spiro atoms. The van der Waals surface area contributed by atoms with Crippen LogP contribution in [0.5, 0.6) is 0 Å². The van der Waals surface area contributed by atoms with Crippen LogP contribution in [0.3, 0.4) is 0 Å². The fourth-order valence-electron chi connectivity index (χ4n) is 1.28. The highest BCUT2D eigenvalue weighted by Crippen LogP contribution is 1.95. The van der Waals surface area contributed by atoms with Gasteiger partial charge in [0.05, 0.1) is 6.10 Å². The smallest absolute Gasteiger partial charge is 0.347 e. The lowest BCUT2D eigenvalue weighted by Gasteiger charge is -2.18. The minimum absolute atomic E-state index is 0.0248. The van der Waals surface area contributed by atoms with Gasteiger partial charge in [0.25, 0.3) is 0 Å². The maximum atomic E-state index is 11.7. The SMILES string of the molecule is CC(O)CCN(C)C(=O)Cn1cccnc1=O. The normalized spacial score (nSPS) is 12.2. The van der Waals surface area contributed by atoms with E-state index in [2.05, 4.69) is 4.98 Å². The molecule has 0 bridgehead atoms. The molecule has 6 nitrogen and oxygen atoms in total. The van der Waals surface area contributed by atoms with E-state index in [1.165, 1.54) is 21.9 Å². The van der Waals surface area contributed by atoms with Gasteiger partial charge in [-0.1, -0.05) is 0 Å². The first-order chi connectivity index (χ1) is 8.00. The standard InChI is InChI=1S/C11H17N3O3/c1-9(15)4-7-13(2)10(16)8-14-6-3-5-12-11(14)17/h3,5-6,9,15H,4,7-8H2,1-2H3. The van der Waals surface area contributed by atoms with Crippen LogP contribution >= 0.6 is 0 Å². The van der Waals surface area contributed by atoms with Gasteiger partial charge in [0, 0.05) is 26.0 Å². The zero-order chi connectivity index (χ0) is 12.8. The van der Waals surface area contributed by atoms with Gasteiger partial charge in [0.15, 0.2) is 0 Å². The van der Waals surface area contributed by atoms with E-state index in [0.29, 0.717) is 13.0 Å². The maximum Gasteiger partial charge on any atom is 0.347 e. The Morgan fingerprint density at radius 1 is 1.65 bits per heavy atom. The second-order valence-corrected chi connectivity index (χ2v) is 3.98. The van der Waals surface area contributed by atoms with Crippen LogP contribution in [-0.2, 0) is 11.3 Å². The van der Waals surface area contributed by atoms with E-state index < -0.39 is 11.8 Å². The molecule has 94 valence electrons. The van der Waals surface area contributed by atoms with Crippen molar-refractivity contribution in [3.8, 4) is 0 Å². The van der Waals surface area contributed by atoms with Gasteiger partial charge in [-0.3, -0.25) is 9.36 Å². The number of aromatic nitrogens is 2. The number of carbonyl (C=O) groups excluding carboxylic acids is 1. The molecule has 1 N–H and O–H groups in total. The summed E-state index contributed by atoms with van der Waals surface area (Å²) in [7, 11) is 1.64. The molecule has 0 aliphatic carbocycles. The van der Waals surface area contributed by atoms with Crippen LogP contribution in [0.1, 0.15) is 13.3 Å². The Hall–Kier alpha value is -1.69. The van der Waals surface area contributed by atoms with Crippen molar-refractivity contribution in [2.24, 2.45) is 0 Å². The second-order valence-electron chi connectivity index (χ2n) is 3.98. The number of likely N-dealkylation sites (N-methyl/N-ethyl adjacent to an activating group) is 1. The topological polar surface area (TPSA) is 75.4 Å². The maximum absolute atomic E-state index is 11.7. The molecule has 1 aromatic rings. The number of hydrogen-bond acceptors (Lipinski definition) is 4. The molecule has 6 heteroatoms. The third-order valence-electron chi connectivity index (χ3n) is 2.40. The van der Waals surface area contributed by atoms with Gasteiger partial charge < -0.3 is 10.0 Å². The summed E-state index contributed by atoms with van der Waals surface area (Å²) < 4.78 is 1.25. The average molecular weight is 239 g/mol. The van der Waals surface area contributed by atoms with Crippen molar-refractivity contribution in [3.63, 3.8) is 0 Å². The Morgan fingerprint density at radius 3 is 2.94 bits per heavy atom. The molecule has 0 aromatic carbocycles. The Kier molecular flexibility index (Phi) is 4.84. The van der Waals surface area contributed by atoms with Crippen molar-refractivity contribution in [2.75, 3.05) is 13.6 Å². The van der Waals surface area contributed by atoms with Gasteiger partial charge in [-0.15, -0.1) is 0 Å². The largest absolute Gasteiger partial charge is 0.393 e. The van der Waals surface area contributed by atoms with Crippen molar-refractivity contribution < 1.29 is 9.90 Å². The third kappa shape index (κ3) is 4.36. The third-order valence-corrected chi connectivity index (χ3v) is 2.40. The lowest BCUT2D eigenvalue weighted by atomic mass is 10.3. The van der Waals surface area contributed by atoms with Crippen LogP contribution in [0.2, 0.25) is 0 Å². The first-order valence-corrected chi connectivity index (χ1v) is 5.44. The summed E-state index contributed by atoms with van der Waals surface area (Å²) in [6.45, 7) is 2.11. The van der Waals surface area contributed by atoms with Crippen molar-refractivity contribution in [2.45, 2.75) is 26.0 Å². The Balaban J connectivity index is 2.55. The van der Waals surface area contributed by atoms with Crippen LogP contribution in [0.15, 0.2) is 23.3 Å². The molecule has 17 heavy (non-hydrogen) atoms. The van der Waals surface area contributed by atoms with Gasteiger partial charge in [-0.2, -0.15) is 0 Å². The molecular weight excluding hydrogens is 222 g/mol. The fourth-order valence-corrected chi connectivity index (χ4v) is 1.28. The molecule has 0 saturated carbocycles. The van der Waals surface area contributed by atoms with Crippen LogP contribution in [-0.4, -0.2) is 45.2 Å². The number of aliphatic hydroxyl groups is 1. The lowest BCUT2D eigenvalue weighted by molar-refractivity contribution is -0.130. The van der Waals surface area contributed by atoms with Crippen molar-refractivity contribution in [1.29, 1.82) is 0 Å². The van der Waals surface area contributed by atoms with Crippen LogP contribution in [0.4, 0.5) is 0 Å². The molecule has 1 amide bonds. The Morgan fingerprint density at radius 2 is 2.35 bits per heavy atom. The fraction of sp³-hybridized carbons (Fsp3) is 0.545. The van der Waals surface area contributed by atoms with Crippen LogP contribution in [0.25, 0.3) is 0 Å². The first kappa shape index (κ1) is 13.4. The summed E-state index contributed by atoms with van der Waals surface area (Å²) in [5.41, 5.74) is -0.440. The van der Waals surface area contributed by atoms with E-state index in [1.807, 2.05) is 0 Å². The zero-order valence-electron chi connectivity index (χ0n) is 10.0. The van der Waals surface area contributed by atoms with E-state index in [-0.39, 0.29) is 12.5 Å². The second kappa shape index (κ2) is 6.15. The quantitative estimate of drug-likeness (QED) is 0.749. The van der Waals surface area contributed by atoms with Crippen molar-refractivity contribution in [1.82, 2.24) is 14.5 Å². The van der Waals surface area contributed by atoms with Gasteiger partial charge in [0.2, 0.25) is 5.91 Å². The number of hydrogen-bond donors (Lipinski definition) is 1. The number of carbonyl (C=O) groups is 1. The molecule has 0 aliphatic heterocycles. The molecule has 0 fully saturated rings. The van der Waals surface area contributed by atoms with Crippen LogP contribution in [0, 0.1) is 0 Å². The molecule has 1 aromatic heterocycles. The predicted molar refractivity (Wildman–Crippen MR) is 62.4 cm³/mol. The summed E-state index contributed by atoms with van der Waals surface area (Å²) >= 11 is 0. The molecular formula is C11H17N3O3. The molecule has 1 rings (SSSR count). The monoisotopic (exact) mass is 239 g/mol. The number of amides is 1. The number of aliphatic hydroxyl groups excluding tert-OH is 1. The highest BCUT2D eigenvalue weighted by atomic mass is 16.3. The Labute approximate surface area is 99.5 Å². The highest BCUT2D eigenvalue weighted by molar-refractivity contribution is 5.75. The molecule has 0 saturated heterocycles. The predicted octanol–water partition coefficient (Wildman–Crippen LogP) is -0.527. The summed E-state index contributed by atoms with van der Waals surface area (Å²) in [6.07, 6.45) is 2.99. The summed E-state index contributed by atoms with van der Waals surface area (Å²) in [4.78, 5) is 28.1. The van der Waals surface area contributed by atoms with Gasteiger partial charge in [-0.05, 0) is 19.4 Å². The van der Waals surface area contributed by atoms with Crippen LogP contribution < -0.4 is 5.69 Å². The van der Waals surface area contributed by atoms with E-state index in [1.54, 1.807) is 20.0 Å². The van der Waals surface area contributed by atoms with E-state index in [9.17, 15) is 9.59 Å². The highest BCUT2D eigenvalue weighted by Gasteiger charge is 2.10. The summed E-state index contributed by atoms with van der Waals surface area (Å²) in [5.74, 6) is -0.180. The minimum atomic E-state index is -0.440. The minimum Gasteiger partial charge on any atom is -0.393 e. The average Bonchev–Trinajstić information content (AvgIpc) is 2.28. The zero-order valence-corrected chi connectivity index (χ0v) is 10.0. The molecule has 0 aliphatic rings. The number of rotatable bonds is 5. The molecule has 1 atom stereocenters. The van der Waals surface area contributed by atoms with Gasteiger partial charge in [0.1, 0.15) is 6.54 Å². The van der Waals surface area contributed by atoms with E-state index >= 15 is 0 Å². The Bertz CT molecular complexity index is 428. The summed E-state index contributed by atoms with van der Waals surface area (Å²) in [5, 5.41) is 9.11. The summed E-state index contributed by atoms with van der Waals surface area (Å²) in [6, 6.07) is 1.60. The molecule has 0 radical (unpaired) electrons. The van der Waals surface area contributed by atoms with Crippen molar-refractivity contribution in [3.05, 3.63) is 28.9 Å². The van der Waals surface area contributed by atoms with E-state index in [4.69, 9.17) is 5.11 Å². The van der Waals surface area contributed by atoms with Gasteiger partial charge >= 0.3 is 5.69 Å².